The van der Waals surface area contributed by atoms with Crippen molar-refractivity contribution in [3.63, 3.8) is 0 Å². The van der Waals surface area contributed by atoms with E-state index in [0.717, 1.165) is 12.1 Å². The first-order valence-corrected chi connectivity index (χ1v) is 7.27. The van der Waals surface area contributed by atoms with Gasteiger partial charge in [0.2, 0.25) is 0 Å². The van der Waals surface area contributed by atoms with Gasteiger partial charge in [0, 0.05) is 12.2 Å². The summed E-state index contributed by atoms with van der Waals surface area (Å²) in [6.07, 6.45) is 0. The van der Waals surface area contributed by atoms with Crippen LogP contribution in [0.1, 0.15) is 27.7 Å². The van der Waals surface area contributed by atoms with Crippen LogP contribution in [0, 0.1) is 0 Å². The third kappa shape index (κ3) is 3.63. The van der Waals surface area contributed by atoms with E-state index in [1.807, 2.05) is 20.8 Å². The predicted octanol–water partition coefficient (Wildman–Crippen LogP) is 2.62. The molecule has 3 nitrogen and oxygen atoms in total. The molecule has 0 rings (SSSR count). The van der Waals surface area contributed by atoms with Crippen molar-refractivity contribution >= 4 is 14.5 Å². The average molecular weight is 216 g/mol. The van der Waals surface area contributed by atoms with Crippen molar-refractivity contribution in [2.75, 3.05) is 6.61 Å². The molecule has 14 heavy (non-hydrogen) atoms. The van der Waals surface area contributed by atoms with E-state index in [2.05, 4.69) is 6.58 Å². The monoisotopic (exact) mass is 216 g/mol. The van der Waals surface area contributed by atoms with Crippen LogP contribution < -0.4 is 0 Å². The molecule has 0 aliphatic carbocycles. The smallest absolute Gasteiger partial charge is 0.401 e. The van der Waals surface area contributed by atoms with Gasteiger partial charge in [-0.1, -0.05) is 20.4 Å². The molecule has 0 N–H and O–H groups in total. The van der Waals surface area contributed by atoms with Crippen LogP contribution in [0.3, 0.4) is 0 Å². The lowest BCUT2D eigenvalue weighted by molar-refractivity contribution is -0.132. The van der Waals surface area contributed by atoms with Gasteiger partial charge in [-0.3, -0.25) is 0 Å². The molecular weight excluding hydrogens is 196 g/mol. The first-order valence-electron chi connectivity index (χ1n) is 5.04. The molecule has 0 atom stereocenters. The van der Waals surface area contributed by atoms with Crippen molar-refractivity contribution in [1.29, 1.82) is 0 Å². The Morgan fingerprint density at radius 2 is 1.79 bits per heavy atom. The second kappa shape index (κ2) is 5.98. The maximum absolute atomic E-state index is 11.4. The van der Waals surface area contributed by atoms with Crippen LogP contribution >= 0.6 is 0 Å². The quantitative estimate of drug-likeness (QED) is 0.506. The molecule has 0 unspecified atom stereocenters. The highest BCUT2D eigenvalue weighted by Crippen LogP contribution is 2.19. The largest absolute Gasteiger partial charge is 0.491 e. The van der Waals surface area contributed by atoms with Crippen LogP contribution in [0.25, 0.3) is 0 Å². The van der Waals surface area contributed by atoms with E-state index >= 15 is 0 Å². The number of hydrogen-bond donors (Lipinski definition) is 0. The molecule has 0 heterocycles. The zero-order valence-electron chi connectivity index (χ0n) is 9.55. The highest BCUT2D eigenvalue weighted by molar-refractivity contribution is 6.69. The molecule has 0 aliphatic rings. The van der Waals surface area contributed by atoms with Crippen molar-refractivity contribution in [3.05, 3.63) is 12.2 Å². The van der Waals surface area contributed by atoms with Crippen LogP contribution in [0.4, 0.5) is 0 Å². The normalized spacial score (nSPS) is 11.1. The second-order valence-corrected chi connectivity index (χ2v) is 6.95. The molecule has 0 aromatic heterocycles. The summed E-state index contributed by atoms with van der Waals surface area (Å²) in [5, 5.41) is 0. The van der Waals surface area contributed by atoms with E-state index in [9.17, 15) is 4.79 Å². The molecule has 0 saturated carbocycles. The van der Waals surface area contributed by atoms with Crippen molar-refractivity contribution in [2.24, 2.45) is 0 Å². The van der Waals surface area contributed by atoms with E-state index in [1.165, 1.54) is 0 Å². The van der Waals surface area contributed by atoms with Gasteiger partial charge in [0.1, 0.15) is 0 Å². The summed E-state index contributed by atoms with van der Waals surface area (Å²) in [5.74, 6) is -0.325. The molecule has 0 saturated heterocycles. The fourth-order valence-corrected chi connectivity index (χ4v) is 3.44. The maximum Gasteiger partial charge on any atom is 0.401 e. The maximum atomic E-state index is 11.4. The van der Waals surface area contributed by atoms with Crippen molar-refractivity contribution in [3.8, 4) is 0 Å². The predicted molar refractivity (Wildman–Crippen MR) is 59.2 cm³/mol. The average Bonchev–Trinajstić information content (AvgIpc) is 2.16. The van der Waals surface area contributed by atoms with Gasteiger partial charge in [-0.25, -0.2) is 4.79 Å². The summed E-state index contributed by atoms with van der Waals surface area (Å²) in [6, 6.07) is 1.58. The lowest BCUT2D eigenvalue weighted by atomic mass is 10.4. The molecule has 0 aromatic rings. The van der Waals surface area contributed by atoms with E-state index < -0.39 is 8.56 Å². The second-order valence-electron chi connectivity index (χ2n) is 3.22. The van der Waals surface area contributed by atoms with Crippen LogP contribution in [-0.4, -0.2) is 21.1 Å². The fourth-order valence-electron chi connectivity index (χ4n) is 1.15. The molecule has 82 valence electrons. The van der Waals surface area contributed by atoms with Gasteiger partial charge in [0.05, 0.1) is 0 Å². The van der Waals surface area contributed by atoms with Gasteiger partial charge >= 0.3 is 14.5 Å². The van der Waals surface area contributed by atoms with Gasteiger partial charge < -0.3 is 8.85 Å². The third-order valence-electron chi connectivity index (χ3n) is 2.11. The Hall–Kier alpha value is -0.613. The Kier molecular flexibility index (Phi) is 5.72. The number of carbonyl (C=O) groups is 1. The Bertz CT molecular complexity index is 209. The Labute approximate surface area is 87.4 Å². The minimum absolute atomic E-state index is 0.325. The fraction of sp³-hybridized carbons (Fsp3) is 0.700. The first kappa shape index (κ1) is 13.4. The number of hydrogen-bond acceptors (Lipinski definition) is 3. The number of rotatable bonds is 6. The molecule has 0 bridgehead atoms. The lowest BCUT2D eigenvalue weighted by Gasteiger charge is -2.27. The molecule has 0 fully saturated rings. The molecule has 0 amide bonds. The molecule has 4 heteroatoms. The summed E-state index contributed by atoms with van der Waals surface area (Å²) in [5.41, 5.74) is 0.434. The van der Waals surface area contributed by atoms with E-state index in [-0.39, 0.29) is 5.97 Å². The van der Waals surface area contributed by atoms with Gasteiger partial charge in [-0.2, -0.15) is 0 Å². The van der Waals surface area contributed by atoms with Gasteiger partial charge in [0.25, 0.3) is 0 Å². The minimum atomic E-state index is -2.28. The van der Waals surface area contributed by atoms with Crippen LogP contribution in [0.15, 0.2) is 12.2 Å². The molecule has 0 aromatic carbocycles. The third-order valence-corrected chi connectivity index (χ3v) is 5.64. The van der Waals surface area contributed by atoms with Crippen LogP contribution in [0.5, 0.6) is 0 Å². The lowest BCUT2D eigenvalue weighted by Crippen LogP contribution is -2.42. The Morgan fingerprint density at radius 3 is 2.07 bits per heavy atom. The van der Waals surface area contributed by atoms with Gasteiger partial charge in [-0.05, 0) is 25.9 Å². The first-order chi connectivity index (χ1) is 6.51. The van der Waals surface area contributed by atoms with E-state index in [0.29, 0.717) is 12.2 Å². The zero-order chi connectivity index (χ0) is 11.2. The van der Waals surface area contributed by atoms with Crippen molar-refractivity contribution in [2.45, 2.75) is 39.8 Å². The topological polar surface area (TPSA) is 35.5 Å². The Morgan fingerprint density at radius 1 is 1.29 bits per heavy atom. The molecular formula is C10H20O3Si. The van der Waals surface area contributed by atoms with Crippen molar-refractivity contribution in [1.82, 2.24) is 0 Å². The zero-order valence-corrected chi connectivity index (χ0v) is 10.6. The van der Waals surface area contributed by atoms with E-state index in [1.54, 1.807) is 6.92 Å². The molecule has 0 spiro atoms. The van der Waals surface area contributed by atoms with Gasteiger partial charge in [-0.15, -0.1) is 0 Å². The van der Waals surface area contributed by atoms with Gasteiger partial charge in [0.15, 0.2) is 0 Å². The summed E-state index contributed by atoms with van der Waals surface area (Å²) in [7, 11) is -2.28. The summed E-state index contributed by atoms with van der Waals surface area (Å²) < 4.78 is 11.0. The molecule has 0 radical (unpaired) electrons. The minimum Gasteiger partial charge on any atom is -0.491 e. The van der Waals surface area contributed by atoms with Crippen LogP contribution in [-0.2, 0) is 13.6 Å². The summed E-state index contributed by atoms with van der Waals surface area (Å²) in [6.45, 7) is 11.7. The summed E-state index contributed by atoms with van der Waals surface area (Å²) in [4.78, 5) is 11.4. The SMILES string of the molecule is C=C(C)C(=O)O[Si](CC)(CC)OCC. The Balaban J connectivity index is 4.49. The highest BCUT2D eigenvalue weighted by Gasteiger charge is 2.37. The standard InChI is InChI=1S/C10H20O3Si/c1-6-12-14(7-2,8-3)13-10(11)9(4)5/h4,6-8H2,1-3,5H3. The molecule has 0 aliphatic heterocycles. The van der Waals surface area contributed by atoms with E-state index in [4.69, 9.17) is 8.85 Å². The number of carbonyl (C=O) groups excluding carboxylic acids is 1. The van der Waals surface area contributed by atoms with Crippen LogP contribution in [0.2, 0.25) is 12.1 Å². The highest BCUT2D eigenvalue weighted by atomic mass is 28.4. The summed E-state index contributed by atoms with van der Waals surface area (Å²) >= 11 is 0. The van der Waals surface area contributed by atoms with Crippen molar-refractivity contribution < 1.29 is 13.6 Å².